The fourth-order valence-corrected chi connectivity index (χ4v) is 4.16. The third-order valence-corrected chi connectivity index (χ3v) is 4.81. The van der Waals surface area contributed by atoms with E-state index in [2.05, 4.69) is 13.0 Å². The van der Waals surface area contributed by atoms with Crippen LogP contribution in [0.3, 0.4) is 0 Å². The van der Waals surface area contributed by atoms with E-state index in [0.29, 0.717) is 18.1 Å². The van der Waals surface area contributed by atoms with Crippen molar-refractivity contribution in [2.75, 3.05) is 0 Å². The molecule has 0 aromatic carbocycles. The maximum absolute atomic E-state index is 13.1. The van der Waals surface area contributed by atoms with Gasteiger partial charge in [0.25, 0.3) is 0 Å². The van der Waals surface area contributed by atoms with E-state index in [-0.39, 0.29) is 4.65 Å². The third kappa shape index (κ3) is 1.31. The van der Waals surface area contributed by atoms with Gasteiger partial charge in [0.15, 0.2) is 0 Å². The van der Waals surface area contributed by atoms with Crippen molar-refractivity contribution < 1.29 is 4.65 Å². The Hall–Kier alpha value is -0.340. The minimum Gasteiger partial charge on any atom is -0.632 e. The summed E-state index contributed by atoms with van der Waals surface area (Å²) in [4.78, 5) is 0. The standard InChI is InChI=1S/C13H21NO/c1-10-8-12-6-2-4-11-5-3-7-13(9-10)14(11,12)15/h8,11-13H,2-7,9H2,1H3/t11-,12-,13+,14?/m0/s1. The maximum Gasteiger partial charge on any atom is 0.108 e. The van der Waals surface area contributed by atoms with E-state index in [1.165, 1.54) is 37.7 Å². The summed E-state index contributed by atoms with van der Waals surface area (Å²) in [6.45, 7) is 2.21. The SMILES string of the molecule is CC1=C[C@@H]2CCC[C@H]3CCC[C@H](C1)[N+]32[O-]. The van der Waals surface area contributed by atoms with Crippen LogP contribution in [0.15, 0.2) is 11.6 Å². The first-order valence-electron chi connectivity index (χ1n) is 6.47. The second kappa shape index (κ2) is 3.33. The highest BCUT2D eigenvalue weighted by Gasteiger charge is 2.48. The zero-order valence-electron chi connectivity index (χ0n) is 9.61. The van der Waals surface area contributed by atoms with Crippen molar-refractivity contribution in [1.82, 2.24) is 0 Å². The average molecular weight is 207 g/mol. The Morgan fingerprint density at radius 1 is 1.13 bits per heavy atom. The molecule has 0 aromatic rings. The lowest BCUT2D eigenvalue weighted by Gasteiger charge is -2.63. The molecule has 3 aliphatic rings. The topological polar surface area (TPSA) is 23.1 Å². The molecule has 3 rings (SSSR count). The Labute approximate surface area is 92.1 Å². The van der Waals surface area contributed by atoms with Crippen LogP contribution < -0.4 is 0 Å². The summed E-state index contributed by atoms with van der Waals surface area (Å²) in [5.74, 6) is 0. The molecule has 2 fully saturated rings. The second-order valence-corrected chi connectivity index (χ2v) is 5.72. The first-order valence-corrected chi connectivity index (χ1v) is 6.47. The summed E-state index contributed by atoms with van der Waals surface area (Å²) in [5, 5.41) is 13.1. The van der Waals surface area contributed by atoms with Crippen LogP contribution in [0, 0.1) is 5.21 Å². The van der Waals surface area contributed by atoms with Gasteiger partial charge in [0, 0.05) is 19.3 Å². The summed E-state index contributed by atoms with van der Waals surface area (Å²) in [6.07, 6.45) is 10.6. The van der Waals surface area contributed by atoms with Crippen LogP contribution in [0.2, 0.25) is 0 Å². The molecule has 3 aliphatic heterocycles. The van der Waals surface area contributed by atoms with Gasteiger partial charge in [-0.3, -0.25) is 0 Å². The van der Waals surface area contributed by atoms with Crippen LogP contribution in [0.1, 0.15) is 51.9 Å². The van der Waals surface area contributed by atoms with Gasteiger partial charge in [-0.25, -0.2) is 0 Å². The van der Waals surface area contributed by atoms with E-state index in [9.17, 15) is 5.21 Å². The zero-order valence-corrected chi connectivity index (χ0v) is 9.61. The molecular weight excluding hydrogens is 186 g/mol. The van der Waals surface area contributed by atoms with Crippen LogP contribution in [-0.4, -0.2) is 22.8 Å². The van der Waals surface area contributed by atoms with Crippen molar-refractivity contribution in [2.45, 2.75) is 70.0 Å². The van der Waals surface area contributed by atoms with Crippen molar-refractivity contribution in [3.05, 3.63) is 16.9 Å². The van der Waals surface area contributed by atoms with Crippen LogP contribution in [0.4, 0.5) is 0 Å². The monoisotopic (exact) mass is 207 g/mol. The molecule has 0 aromatic heterocycles. The highest BCUT2D eigenvalue weighted by molar-refractivity contribution is 5.10. The maximum atomic E-state index is 13.1. The summed E-state index contributed by atoms with van der Waals surface area (Å²) in [7, 11) is 0. The third-order valence-electron chi connectivity index (χ3n) is 4.81. The predicted molar refractivity (Wildman–Crippen MR) is 61.1 cm³/mol. The average Bonchev–Trinajstić information content (AvgIpc) is 2.19. The number of quaternary nitrogens is 1. The molecule has 2 nitrogen and oxygen atoms in total. The van der Waals surface area contributed by atoms with Gasteiger partial charge in [-0.2, -0.15) is 0 Å². The van der Waals surface area contributed by atoms with Gasteiger partial charge in [0.2, 0.25) is 0 Å². The van der Waals surface area contributed by atoms with Gasteiger partial charge in [-0.15, -0.1) is 0 Å². The Balaban J connectivity index is 2.00. The fraction of sp³-hybridized carbons (Fsp3) is 0.846. The van der Waals surface area contributed by atoms with Crippen LogP contribution in [0.5, 0.6) is 0 Å². The molecule has 0 aliphatic carbocycles. The highest BCUT2D eigenvalue weighted by Crippen LogP contribution is 2.45. The molecule has 0 N–H and O–H groups in total. The van der Waals surface area contributed by atoms with Crippen molar-refractivity contribution in [2.24, 2.45) is 0 Å². The Morgan fingerprint density at radius 3 is 2.60 bits per heavy atom. The normalized spacial score (nSPS) is 49.5. The molecule has 0 spiro atoms. The molecule has 2 saturated heterocycles. The Bertz CT molecular complexity index is 297. The van der Waals surface area contributed by atoms with Crippen molar-refractivity contribution in [3.63, 3.8) is 0 Å². The van der Waals surface area contributed by atoms with Crippen molar-refractivity contribution >= 4 is 0 Å². The van der Waals surface area contributed by atoms with Gasteiger partial charge < -0.3 is 9.85 Å². The molecule has 84 valence electrons. The van der Waals surface area contributed by atoms with Gasteiger partial charge in [0.1, 0.15) is 6.04 Å². The molecular formula is C13H21NO. The molecule has 15 heavy (non-hydrogen) atoms. The number of piperidine rings is 2. The molecule has 0 saturated carbocycles. The van der Waals surface area contributed by atoms with Gasteiger partial charge in [-0.05, 0) is 38.7 Å². The van der Waals surface area contributed by atoms with Gasteiger partial charge >= 0.3 is 0 Å². The first-order chi connectivity index (χ1) is 7.21. The van der Waals surface area contributed by atoms with Crippen LogP contribution >= 0.6 is 0 Å². The van der Waals surface area contributed by atoms with Crippen LogP contribution in [-0.2, 0) is 0 Å². The minimum absolute atomic E-state index is 0.164. The van der Waals surface area contributed by atoms with Crippen molar-refractivity contribution in [3.8, 4) is 0 Å². The van der Waals surface area contributed by atoms with E-state index in [1.54, 1.807) is 0 Å². The first kappa shape index (κ1) is 9.86. The molecule has 2 heteroatoms. The number of hydroxylamine groups is 3. The van der Waals surface area contributed by atoms with E-state index < -0.39 is 0 Å². The van der Waals surface area contributed by atoms with E-state index in [0.717, 1.165) is 12.8 Å². The molecule has 1 unspecified atom stereocenters. The van der Waals surface area contributed by atoms with Crippen LogP contribution in [0.25, 0.3) is 0 Å². The lowest BCUT2D eigenvalue weighted by molar-refractivity contribution is -0.957. The number of hydrogen-bond acceptors (Lipinski definition) is 1. The van der Waals surface area contributed by atoms with E-state index in [1.807, 2.05) is 0 Å². The lowest BCUT2D eigenvalue weighted by atomic mass is 9.79. The van der Waals surface area contributed by atoms with E-state index >= 15 is 0 Å². The quantitative estimate of drug-likeness (QED) is 0.340. The number of nitrogens with zero attached hydrogens (tertiary/aromatic N) is 1. The smallest absolute Gasteiger partial charge is 0.108 e. The predicted octanol–water partition coefficient (Wildman–Crippen LogP) is 3.12. The Kier molecular flexibility index (Phi) is 2.18. The minimum atomic E-state index is 0.164. The van der Waals surface area contributed by atoms with Gasteiger partial charge in [-0.1, -0.05) is 5.57 Å². The largest absolute Gasteiger partial charge is 0.632 e. The summed E-state index contributed by atoms with van der Waals surface area (Å²) in [6, 6.07) is 1.15. The molecule has 0 amide bonds. The fourth-order valence-electron chi connectivity index (χ4n) is 4.16. The summed E-state index contributed by atoms with van der Waals surface area (Å²) in [5.41, 5.74) is 1.47. The van der Waals surface area contributed by atoms with Crippen molar-refractivity contribution in [1.29, 1.82) is 0 Å². The number of hydrogen-bond donors (Lipinski definition) is 0. The molecule has 0 bridgehead atoms. The molecule has 3 heterocycles. The molecule has 0 radical (unpaired) electrons. The molecule has 4 atom stereocenters. The van der Waals surface area contributed by atoms with Gasteiger partial charge in [0.05, 0.1) is 12.1 Å². The van der Waals surface area contributed by atoms with E-state index in [4.69, 9.17) is 0 Å². The summed E-state index contributed by atoms with van der Waals surface area (Å²) < 4.78 is 0.164. The lowest BCUT2D eigenvalue weighted by Crippen LogP contribution is -2.67. The summed E-state index contributed by atoms with van der Waals surface area (Å²) >= 11 is 0. The Morgan fingerprint density at radius 2 is 1.80 bits per heavy atom. The highest BCUT2D eigenvalue weighted by atomic mass is 16.6. The zero-order chi connectivity index (χ0) is 10.5. The number of rotatable bonds is 0. The second-order valence-electron chi connectivity index (χ2n) is 5.72.